The minimum atomic E-state index is 0. The van der Waals surface area contributed by atoms with Gasteiger partial charge in [0.1, 0.15) is 0 Å². The first-order valence-electron chi connectivity index (χ1n) is 6.74. The van der Waals surface area contributed by atoms with Gasteiger partial charge >= 0.3 is 0 Å². The average Bonchev–Trinajstić information content (AvgIpc) is 2.40. The van der Waals surface area contributed by atoms with E-state index in [9.17, 15) is 4.79 Å². The van der Waals surface area contributed by atoms with E-state index in [0.29, 0.717) is 18.1 Å². The second-order valence-electron chi connectivity index (χ2n) is 5.27. The van der Waals surface area contributed by atoms with Crippen LogP contribution in [-0.4, -0.2) is 43.5 Å². The van der Waals surface area contributed by atoms with Crippen molar-refractivity contribution >= 4 is 18.2 Å². The fraction of sp³-hybridized carbons (Fsp3) is 0.533. The summed E-state index contributed by atoms with van der Waals surface area (Å²) in [7, 11) is 0. The van der Waals surface area contributed by atoms with Crippen molar-refractivity contribution in [2.45, 2.75) is 12.8 Å². The number of ketones is 1. The highest BCUT2D eigenvalue weighted by Gasteiger charge is 2.26. The molecular formula is C15H20ClNO2. The van der Waals surface area contributed by atoms with Crippen molar-refractivity contribution in [3.05, 3.63) is 35.4 Å². The lowest BCUT2D eigenvalue weighted by atomic mass is 9.83. The van der Waals surface area contributed by atoms with Gasteiger partial charge in [-0.3, -0.25) is 9.69 Å². The monoisotopic (exact) mass is 281 g/mol. The lowest BCUT2D eigenvalue weighted by molar-refractivity contribution is 0.0296. The largest absolute Gasteiger partial charge is 0.379 e. The molecule has 1 unspecified atom stereocenters. The molecular weight excluding hydrogens is 262 g/mol. The number of nitrogens with zero attached hydrogens (tertiary/aromatic N) is 1. The Morgan fingerprint density at radius 2 is 1.89 bits per heavy atom. The van der Waals surface area contributed by atoms with Gasteiger partial charge in [-0.05, 0) is 17.9 Å². The van der Waals surface area contributed by atoms with Gasteiger partial charge in [-0.25, -0.2) is 0 Å². The SMILES string of the molecule is Cl.O=C1CC(CN2CCOCC2)Cc2ccccc21. The van der Waals surface area contributed by atoms with Gasteiger partial charge in [0.2, 0.25) is 0 Å². The summed E-state index contributed by atoms with van der Waals surface area (Å²) in [5, 5.41) is 0. The van der Waals surface area contributed by atoms with Crippen LogP contribution in [-0.2, 0) is 11.2 Å². The van der Waals surface area contributed by atoms with Crippen LogP contribution in [0.2, 0.25) is 0 Å². The second-order valence-corrected chi connectivity index (χ2v) is 5.27. The molecule has 1 saturated heterocycles. The van der Waals surface area contributed by atoms with Crippen LogP contribution in [0.15, 0.2) is 24.3 Å². The summed E-state index contributed by atoms with van der Waals surface area (Å²) in [4.78, 5) is 14.5. The molecule has 0 saturated carbocycles. The summed E-state index contributed by atoms with van der Waals surface area (Å²) in [5.41, 5.74) is 2.17. The van der Waals surface area contributed by atoms with Crippen molar-refractivity contribution in [3.8, 4) is 0 Å². The third kappa shape index (κ3) is 3.35. The van der Waals surface area contributed by atoms with Crippen molar-refractivity contribution < 1.29 is 9.53 Å². The fourth-order valence-electron chi connectivity index (χ4n) is 3.00. The number of rotatable bonds is 2. The molecule has 0 spiro atoms. The smallest absolute Gasteiger partial charge is 0.163 e. The Bertz CT molecular complexity index is 444. The summed E-state index contributed by atoms with van der Waals surface area (Å²) in [6.07, 6.45) is 1.74. The van der Waals surface area contributed by atoms with Crippen LogP contribution < -0.4 is 0 Å². The molecule has 2 aliphatic rings. The van der Waals surface area contributed by atoms with Crippen LogP contribution in [0.4, 0.5) is 0 Å². The van der Waals surface area contributed by atoms with Crippen molar-refractivity contribution in [1.82, 2.24) is 4.90 Å². The lowest BCUT2D eigenvalue weighted by Gasteiger charge is -2.32. The molecule has 1 aromatic rings. The zero-order chi connectivity index (χ0) is 12.4. The van der Waals surface area contributed by atoms with Crippen LogP contribution in [0, 0.1) is 5.92 Å². The van der Waals surface area contributed by atoms with Gasteiger partial charge in [0.15, 0.2) is 5.78 Å². The average molecular weight is 282 g/mol. The minimum absolute atomic E-state index is 0. The van der Waals surface area contributed by atoms with Gasteiger partial charge in [0.25, 0.3) is 0 Å². The van der Waals surface area contributed by atoms with Gasteiger partial charge < -0.3 is 4.74 Å². The lowest BCUT2D eigenvalue weighted by Crippen LogP contribution is -2.41. The number of carbonyl (C=O) groups excluding carboxylic acids is 1. The summed E-state index contributed by atoms with van der Waals surface area (Å²) in [6.45, 7) is 4.70. The second kappa shape index (κ2) is 6.51. The Balaban J connectivity index is 0.00000133. The Labute approximate surface area is 120 Å². The molecule has 3 rings (SSSR count). The Hall–Kier alpha value is -0.900. The van der Waals surface area contributed by atoms with Gasteiger partial charge in [-0.15, -0.1) is 12.4 Å². The van der Waals surface area contributed by atoms with Crippen molar-refractivity contribution in [2.75, 3.05) is 32.8 Å². The first kappa shape index (κ1) is 14.5. The number of hydrogen-bond acceptors (Lipinski definition) is 3. The number of benzene rings is 1. The van der Waals surface area contributed by atoms with Crippen LogP contribution in [0.1, 0.15) is 22.3 Å². The van der Waals surface area contributed by atoms with Gasteiger partial charge in [0.05, 0.1) is 13.2 Å². The summed E-state index contributed by atoms with van der Waals surface area (Å²) >= 11 is 0. The number of morpholine rings is 1. The zero-order valence-corrected chi connectivity index (χ0v) is 11.8. The Kier molecular flexibility index (Phi) is 4.97. The maximum atomic E-state index is 12.1. The van der Waals surface area contributed by atoms with E-state index in [-0.39, 0.29) is 12.4 Å². The number of hydrogen-bond donors (Lipinski definition) is 0. The molecule has 3 nitrogen and oxygen atoms in total. The number of fused-ring (bicyclic) bond motifs is 1. The van der Waals surface area contributed by atoms with Crippen molar-refractivity contribution in [3.63, 3.8) is 0 Å². The molecule has 1 aliphatic heterocycles. The Morgan fingerprint density at radius 1 is 1.16 bits per heavy atom. The first-order valence-corrected chi connectivity index (χ1v) is 6.74. The molecule has 19 heavy (non-hydrogen) atoms. The molecule has 0 bridgehead atoms. The standard InChI is InChI=1S/C15H19NO2.ClH/c17-15-10-12(11-16-5-7-18-8-6-16)9-13-3-1-2-4-14(13)15;/h1-4,12H,5-11H2;1H. The van der Waals surface area contributed by atoms with Crippen molar-refractivity contribution in [1.29, 1.82) is 0 Å². The van der Waals surface area contributed by atoms with Crippen molar-refractivity contribution in [2.24, 2.45) is 5.92 Å². The Morgan fingerprint density at radius 3 is 2.68 bits per heavy atom. The normalized spacial score (nSPS) is 23.6. The highest BCUT2D eigenvalue weighted by atomic mass is 35.5. The van der Waals surface area contributed by atoms with E-state index >= 15 is 0 Å². The molecule has 4 heteroatoms. The third-order valence-electron chi connectivity index (χ3n) is 3.92. The summed E-state index contributed by atoms with van der Waals surface area (Å²) in [5.74, 6) is 0.792. The van der Waals surface area contributed by atoms with Crippen LogP contribution >= 0.6 is 12.4 Å². The maximum absolute atomic E-state index is 12.1. The summed E-state index contributed by atoms with van der Waals surface area (Å²) < 4.78 is 5.36. The molecule has 104 valence electrons. The topological polar surface area (TPSA) is 29.5 Å². The van der Waals surface area contributed by atoms with Gasteiger partial charge in [0, 0.05) is 31.6 Å². The molecule has 0 radical (unpaired) electrons. The molecule has 1 aliphatic carbocycles. The number of carbonyl (C=O) groups is 1. The highest BCUT2D eigenvalue weighted by molar-refractivity contribution is 5.98. The van der Waals surface area contributed by atoms with E-state index in [0.717, 1.165) is 44.8 Å². The predicted octanol–water partition coefficient (Wildman–Crippen LogP) is 2.19. The maximum Gasteiger partial charge on any atom is 0.163 e. The van der Waals surface area contributed by atoms with E-state index < -0.39 is 0 Å². The molecule has 1 heterocycles. The number of Topliss-reactive ketones (excluding diaryl/α,β-unsaturated/α-hetero) is 1. The van der Waals surface area contributed by atoms with Crippen LogP contribution in [0.5, 0.6) is 0 Å². The summed E-state index contributed by atoms with van der Waals surface area (Å²) in [6, 6.07) is 8.05. The number of ether oxygens (including phenoxy) is 1. The molecule has 0 aromatic heterocycles. The van der Waals surface area contributed by atoms with E-state index in [1.54, 1.807) is 0 Å². The van der Waals surface area contributed by atoms with E-state index in [2.05, 4.69) is 11.0 Å². The van der Waals surface area contributed by atoms with E-state index in [1.807, 2.05) is 18.2 Å². The van der Waals surface area contributed by atoms with Gasteiger partial charge in [-0.1, -0.05) is 24.3 Å². The third-order valence-corrected chi connectivity index (χ3v) is 3.92. The van der Waals surface area contributed by atoms with E-state index in [4.69, 9.17) is 4.74 Å². The van der Waals surface area contributed by atoms with E-state index in [1.165, 1.54) is 5.56 Å². The first-order chi connectivity index (χ1) is 8.83. The van der Waals surface area contributed by atoms with Crippen LogP contribution in [0.3, 0.4) is 0 Å². The molecule has 1 aromatic carbocycles. The number of halogens is 1. The molecule has 1 atom stereocenters. The molecule has 0 N–H and O–H groups in total. The predicted molar refractivity (Wildman–Crippen MR) is 77.1 cm³/mol. The molecule has 0 amide bonds. The quantitative estimate of drug-likeness (QED) is 0.832. The molecule has 1 fully saturated rings. The van der Waals surface area contributed by atoms with Crippen LogP contribution in [0.25, 0.3) is 0 Å². The highest BCUT2D eigenvalue weighted by Crippen LogP contribution is 2.26. The zero-order valence-electron chi connectivity index (χ0n) is 11.0. The minimum Gasteiger partial charge on any atom is -0.379 e. The van der Waals surface area contributed by atoms with Gasteiger partial charge in [-0.2, -0.15) is 0 Å². The fourth-order valence-corrected chi connectivity index (χ4v) is 3.00.